The number of rotatable bonds is 6. The molecule has 1 N–H and O–H groups in total. The predicted molar refractivity (Wildman–Crippen MR) is 94.7 cm³/mol. The number of nitrogens with one attached hydrogen (secondary N) is 1. The van der Waals surface area contributed by atoms with E-state index in [4.69, 9.17) is 4.74 Å². The number of hydrogen-bond donors (Lipinski definition) is 1. The van der Waals surface area contributed by atoms with Crippen LogP contribution >= 0.6 is 11.3 Å². The summed E-state index contributed by atoms with van der Waals surface area (Å²) < 4.78 is 6.44. The number of ether oxygens (including phenoxy) is 1. The maximum atomic E-state index is 12.5. The Bertz CT molecular complexity index is 827. The summed E-state index contributed by atoms with van der Waals surface area (Å²) in [7, 11) is 1.34. The Hall–Kier alpha value is -2.93. The highest BCUT2D eigenvalue weighted by Crippen LogP contribution is 2.23. The van der Waals surface area contributed by atoms with Crippen molar-refractivity contribution in [2.75, 3.05) is 7.11 Å². The molecule has 0 bridgehead atoms. The molecule has 0 radical (unpaired) electrons. The zero-order chi connectivity index (χ0) is 17.6. The minimum absolute atomic E-state index is 0.0914. The van der Waals surface area contributed by atoms with Crippen molar-refractivity contribution < 1.29 is 14.3 Å². The summed E-state index contributed by atoms with van der Waals surface area (Å²) in [5, 5.41) is 8.96. The van der Waals surface area contributed by atoms with Gasteiger partial charge in [-0.3, -0.25) is 9.59 Å². The summed E-state index contributed by atoms with van der Waals surface area (Å²) in [6.07, 6.45) is 3.62. The normalized spacial score (nSPS) is 11.7. The van der Waals surface area contributed by atoms with Gasteiger partial charge in [-0.15, -0.1) is 11.3 Å². The van der Waals surface area contributed by atoms with Gasteiger partial charge in [-0.1, -0.05) is 6.07 Å². The van der Waals surface area contributed by atoms with Crippen LogP contribution in [0.4, 0.5) is 0 Å². The van der Waals surface area contributed by atoms with Gasteiger partial charge in [0.25, 0.3) is 5.91 Å². The van der Waals surface area contributed by atoms with Crippen molar-refractivity contribution in [2.45, 2.75) is 12.5 Å². The van der Waals surface area contributed by atoms with E-state index < -0.39 is 6.04 Å². The molecule has 2 heterocycles. The van der Waals surface area contributed by atoms with Crippen LogP contribution < -0.4 is 5.32 Å². The molecule has 0 aliphatic carbocycles. The predicted octanol–water partition coefficient (Wildman–Crippen LogP) is 2.97. The zero-order valence-corrected chi connectivity index (χ0v) is 14.4. The lowest BCUT2D eigenvalue weighted by molar-refractivity contribution is -0.141. The first-order valence-electron chi connectivity index (χ1n) is 7.68. The second-order valence-electron chi connectivity index (χ2n) is 5.32. The molecule has 3 rings (SSSR count). The van der Waals surface area contributed by atoms with Gasteiger partial charge in [-0.2, -0.15) is 5.10 Å². The number of benzene rings is 1. The van der Waals surface area contributed by atoms with Crippen LogP contribution in [0.15, 0.2) is 60.2 Å². The summed E-state index contributed by atoms with van der Waals surface area (Å²) in [4.78, 5) is 25.1. The van der Waals surface area contributed by atoms with Gasteiger partial charge in [-0.25, -0.2) is 4.68 Å². The first-order valence-corrected chi connectivity index (χ1v) is 8.56. The van der Waals surface area contributed by atoms with Crippen molar-refractivity contribution in [2.24, 2.45) is 0 Å². The summed E-state index contributed by atoms with van der Waals surface area (Å²) in [5.41, 5.74) is 1.38. The van der Waals surface area contributed by atoms with Crippen molar-refractivity contribution in [1.29, 1.82) is 0 Å². The molecule has 6 nitrogen and oxygen atoms in total. The Balaban J connectivity index is 1.73. The molecule has 0 aliphatic rings. The highest BCUT2D eigenvalue weighted by molar-refractivity contribution is 7.10. The maximum Gasteiger partial charge on any atom is 0.307 e. The molecule has 0 fully saturated rings. The van der Waals surface area contributed by atoms with Gasteiger partial charge in [0.15, 0.2) is 0 Å². The summed E-state index contributed by atoms with van der Waals surface area (Å²) in [6.45, 7) is 0. The van der Waals surface area contributed by atoms with Crippen molar-refractivity contribution in [3.8, 4) is 5.69 Å². The molecule has 0 spiro atoms. The van der Waals surface area contributed by atoms with Crippen molar-refractivity contribution >= 4 is 23.2 Å². The van der Waals surface area contributed by atoms with E-state index in [1.54, 1.807) is 23.0 Å². The minimum atomic E-state index is -0.411. The Labute approximate surface area is 149 Å². The van der Waals surface area contributed by atoms with Crippen LogP contribution in [0.3, 0.4) is 0 Å². The van der Waals surface area contributed by atoms with Crippen molar-refractivity contribution in [1.82, 2.24) is 15.1 Å². The number of nitrogens with zero attached hydrogens (tertiary/aromatic N) is 2. The number of thiophene rings is 1. The first kappa shape index (κ1) is 16.9. The van der Waals surface area contributed by atoms with Crippen LogP contribution in [-0.4, -0.2) is 28.8 Å². The number of aromatic nitrogens is 2. The molecular formula is C18H17N3O3S. The van der Waals surface area contributed by atoms with E-state index in [2.05, 4.69) is 10.4 Å². The van der Waals surface area contributed by atoms with Gasteiger partial charge in [-0.05, 0) is 41.8 Å². The number of methoxy groups -OCH3 is 1. The van der Waals surface area contributed by atoms with E-state index in [1.807, 2.05) is 41.9 Å². The number of esters is 1. The Morgan fingerprint density at radius 3 is 2.64 bits per heavy atom. The third kappa shape index (κ3) is 4.13. The Kier molecular flexibility index (Phi) is 5.25. The lowest BCUT2D eigenvalue weighted by Gasteiger charge is -2.16. The maximum absolute atomic E-state index is 12.5. The van der Waals surface area contributed by atoms with Crippen LogP contribution in [-0.2, 0) is 9.53 Å². The minimum Gasteiger partial charge on any atom is -0.469 e. The third-order valence-electron chi connectivity index (χ3n) is 3.69. The molecule has 1 atom stereocenters. The molecule has 1 aromatic carbocycles. The van der Waals surface area contributed by atoms with Gasteiger partial charge in [0.1, 0.15) is 0 Å². The molecule has 25 heavy (non-hydrogen) atoms. The van der Waals surface area contributed by atoms with Gasteiger partial charge in [0.2, 0.25) is 0 Å². The van der Waals surface area contributed by atoms with Gasteiger partial charge in [0, 0.05) is 22.8 Å². The summed E-state index contributed by atoms with van der Waals surface area (Å²) in [5.74, 6) is -0.609. The van der Waals surface area contributed by atoms with E-state index in [0.29, 0.717) is 5.56 Å². The van der Waals surface area contributed by atoms with E-state index in [0.717, 1.165) is 10.6 Å². The quantitative estimate of drug-likeness (QED) is 0.690. The highest BCUT2D eigenvalue weighted by atomic mass is 32.1. The zero-order valence-electron chi connectivity index (χ0n) is 13.6. The van der Waals surface area contributed by atoms with E-state index >= 15 is 0 Å². The van der Waals surface area contributed by atoms with E-state index in [9.17, 15) is 9.59 Å². The lowest BCUT2D eigenvalue weighted by Crippen LogP contribution is -2.30. The lowest BCUT2D eigenvalue weighted by atomic mass is 10.1. The molecule has 0 saturated carbocycles. The number of amides is 1. The van der Waals surface area contributed by atoms with E-state index in [-0.39, 0.29) is 18.3 Å². The van der Waals surface area contributed by atoms with Gasteiger partial charge < -0.3 is 10.1 Å². The Morgan fingerprint density at radius 1 is 1.24 bits per heavy atom. The van der Waals surface area contributed by atoms with Crippen LogP contribution in [0.2, 0.25) is 0 Å². The van der Waals surface area contributed by atoms with E-state index in [1.165, 1.54) is 18.4 Å². The average molecular weight is 355 g/mol. The third-order valence-corrected chi connectivity index (χ3v) is 4.67. The average Bonchev–Trinajstić information content (AvgIpc) is 3.34. The first-order chi connectivity index (χ1) is 12.2. The van der Waals surface area contributed by atoms with Crippen LogP contribution in [0.5, 0.6) is 0 Å². The number of hydrogen-bond acceptors (Lipinski definition) is 5. The molecule has 3 aromatic rings. The fourth-order valence-corrected chi connectivity index (χ4v) is 3.17. The fourth-order valence-electron chi connectivity index (χ4n) is 2.39. The molecule has 128 valence electrons. The molecule has 7 heteroatoms. The second kappa shape index (κ2) is 7.76. The van der Waals surface area contributed by atoms with Gasteiger partial charge >= 0.3 is 5.97 Å². The molecule has 2 aromatic heterocycles. The second-order valence-corrected chi connectivity index (χ2v) is 6.30. The molecule has 0 saturated heterocycles. The molecular weight excluding hydrogens is 338 g/mol. The van der Waals surface area contributed by atoms with Crippen LogP contribution in [0.25, 0.3) is 5.69 Å². The fraction of sp³-hybridized carbons (Fsp3) is 0.167. The monoisotopic (exact) mass is 355 g/mol. The largest absolute Gasteiger partial charge is 0.469 e. The topological polar surface area (TPSA) is 73.2 Å². The number of carbonyl (C=O) groups excluding carboxylic acids is 2. The summed E-state index contributed by atoms with van der Waals surface area (Å²) >= 11 is 1.49. The van der Waals surface area contributed by atoms with Crippen LogP contribution in [0, 0.1) is 0 Å². The SMILES string of the molecule is COC(=O)C[C@H](NC(=O)c1ccc(-n2cccn2)cc1)c1cccs1. The summed E-state index contributed by atoms with van der Waals surface area (Å²) in [6, 6.07) is 12.3. The standard InChI is InChI=1S/C18H17N3O3S/c1-24-17(22)12-15(16-4-2-11-25-16)20-18(23)13-5-7-14(8-6-13)21-10-3-9-19-21/h2-11,15H,12H2,1H3,(H,20,23)/t15-/m0/s1. The van der Waals surface area contributed by atoms with Crippen molar-refractivity contribution in [3.63, 3.8) is 0 Å². The smallest absolute Gasteiger partial charge is 0.307 e. The molecule has 1 amide bonds. The highest BCUT2D eigenvalue weighted by Gasteiger charge is 2.20. The van der Waals surface area contributed by atoms with Gasteiger partial charge in [0.05, 0.1) is 25.3 Å². The van der Waals surface area contributed by atoms with Crippen LogP contribution in [0.1, 0.15) is 27.7 Å². The molecule has 0 aliphatic heterocycles. The Morgan fingerprint density at radius 2 is 2.04 bits per heavy atom. The molecule has 0 unspecified atom stereocenters. The van der Waals surface area contributed by atoms with Crippen molar-refractivity contribution in [3.05, 3.63) is 70.7 Å². The number of carbonyl (C=O) groups is 2.